The zero-order chi connectivity index (χ0) is 11.5. The van der Waals surface area contributed by atoms with E-state index in [9.17, 15) is 0 Å². The van der Waals surface area contributed by atoms with Gasteiger partial charge in [0.05, 0.1) is 6.54 Å². The molecule has 0 aliphatic carbocycles. The van der Waals surface area contributed by atoms with Crippen LogP contribution in [0.1, 0.15) is 11.1 Å². The summed E-state index contributed by atoms with van der Waals surface area (Å²) in [6, 6.07) is 6.14. The van der Waals surface area contributed by atoms with E-state index >= 15 is 0 Å². The third-order valence-corrected chi connectivity index (χ3v) is 3.08. The van der Waals surface area contributed by atoms with Gasteiger partial charge in [-0.15, -0.1) is 0 Å². The van der Waals surface area contributed by atoms with Gasteiger partial charge >= 0.3 is 0 Å². The van der Waals surface area contributed by atoms with Gasteiger partial charge < -0.3 is 9.64 Å². The van der Waals surface area contributed by atoms with Crippen LogP contribution in [0.25, 0.3) is 0 Å². The first-order chi connectivity index (χ1) is 7.68. The summed E-state index contributed by atoms with van der Waals surface area (Å²) in [6.07, 6.45) is 0. The minimum Gasteiger partial charge on any atom is -0.485 e. The quantitative estimate of drug-likeness (QED) is 0.775. The fraction of sp³-hybridized carbons (Fsp3) is 0.462. The molecular formula is C13H18N2O. The van der Waals surface area contributed by atoms with Crippen LogP contribution in [0.2, 0.25) is 0 Å². The highest BCUT2D eigenvalue weighted by atomic mass is 16.5. The Bertz CT molecular complexity index is 412. The molecule has 1 heterocycles. The molecule has 1 aromatic carbocycles. The number of nitrogens with zero attached hydrogens (tertiary/aromatic N) is 2. The summed E-state index contributed by atoms with van der Waals surface area (Å²) in [7, 11) is 2.05. The number of likely N-dealkylation sites (N-methyl/N-ethyl adjacent to an activating group) is 1. The van der Waals surface area contributed by atoms with Gasteiger partial charge in [-0.3, -0.25) is 4.99 Å². The van der Waals surface area contributed by atoms with Gasteiger partial charge in [0.25, 0.3) is 0 Å². The van der Waals surface area contributed by atoms with Crippen molar-refractivity contribution in [3.63, 3.8) is 0 Å². The number of hydrogen-bond donors (Lipinski definition) is 0. The number of hydrogen-bond acceptors (Lipinski definition) is 3. The second kappa shape index (κ2) is 4.56. The summed E-state index contributed by atoms with van der Waals surface area (Å²) in [6.45, 7) is 6.65. The molecule has 0 unspecified atom stereocenters. The minimum absolute atomic E-state index is 0.570. The van der Waals surface area contributed by atoms with E-state index in [4.69, 9.17) is 4.74 Å². The normalized spacial score (nSPS) is 15.2. The summed E-state index contributed by atoms with van der Waals surface area (Å²) in [4.78, 5) is 6.55. The van der Waals surface area contributed by atoms with Crippen LogP contribution in [0.3, 0.4) is 0 Å². The second-order valence-electron chi connectivity index (χ2n) is 4.21. The monoisotopic (exact) mass is 218 g/mol. The molecule has 0 atom stereocenters. The van der Waals surface area contributed by atoms with E-state index in [1.54, 1.807) is 0 Å². The van der Waals surface area contributed by atoms with Gasteiger partial charge in [-0.05, 0) is 31.0 Å². The Morgan fingerprint density at radius 2 is 2.19 bits per heavy atom. The van der Waals surface area contributed by atoms with Crippen LogP contribution in [-0.2, 0) is 0 Å². The molecule has 0 fully saturated rings. The topological polar surface area (TPSA) is 24.8 Å². The van der Waals surface area contributed by atoms with Crippen molar-refractivity contribution < 1.29 is 4.74 Å². The third-order valence-electron chi connectivity index (χ3n) is 3.08. The van der Waals surface area contributed by atoms with Crippen LogP contribution in [0, 0.1) is 13.8 Å². The number of rotatable bonds is 3. The van der Waals surface area contributed by atoms with E-state index in [0.29, 0.717) is 6.61 Å². The molecule has 1 aromatic rings. The fourth-order valence-corrected chi connectivity index (χ4v) is 1.76. The number of aliphatic imine (C=N–C) groups is 1. The lowest BCUT2D eigenvalue weighted by Crippen LogP contribution is -2.27. The molecule has 86 valence electrons. The largest absolute Gasteiger partial charge is 0.485 e. The summed E-state index contributed by atoms with van der Waals surface area (Å²) in [5.41, 5.74) is 2.47. The number of amidine groups is 1. The Balaban J connectivity index is 2.02. The molecule has 0 radical (unpaired) electrons. The standard InChI is InChI=1S/C13H18N2O/c1-10-5-4-6-12(11(10)2)16-9-13-14-7-8-15(13)3/h4-6H,7-9H2,1-3H3. The third kappa shape index (κ3) is 2.18. The molecule has 0 aromatic heterocycles. The summed E-state index contributed by atoms with van der Waals surface area (Å²) in [5.74, 6) is 2.00. The van der Waals surface area contributed by atoms with Crippen LogP contribution >= 0.6 is 0 Å². The highest BCUT2D eigenvalue weighted by Crippen LogP contribution is 2.20. The Morgan fingerprint density at radius 3 is 2.88 bits per heavy atom. The molecule has 0 N–H and O–H groups in total. The van der Waals surface area contributed by atoms with Crippen LogP contribution in [0.5, 0.6) is 5.75 Å². The molecule has 1 aliphatic rings. The van der Waals surface area contributed by atoms with Gasteiger partial charge in [0, 0.05) is 13.6 Å². The zero-order valence-electron chi connectivity index (χ0n) is 10.2. The van der Waals surface area contributed by atoms with Gasteiger partial charge in [-0.25, -0.2) is 0 Å². The molecule has 16 heavy (non-hydrogen) atoms. The highest BCUT2D eigenvalue weighted by molar-refractivity contribution is 5.84. The average Bonchev–Trinajstić information content (AvgIpc) is 2.67. The van der Waals surface area contributed by atoms with Gasteiger partial charge in [0.15, 0.2) is 0 Å². The summed E-state index contributed by atoms with van der Waals surface area (Å²) < 4.78 is 5.80. The lowest BCUT2D eigenvalue weighted by Gasteiger charge is -2.15. The van der Waals surface area contributed by atoms with Crippen LogP contribution < -0.4 is 4.74 Å². The molecule has 0 saturated heterocycles. The van der Waals surface area contributed by atoms with Gasteiger partial charge in [-0.2, -0.15) is 0 Å². The summed E-state index contributed by atoms with van der Waals surface area (Å²) in [5, 5.41) is 0. The zero-order valence-corrected chi connectivity index (χ0v) is 10.2. The van der Waals surface area contributed by atoms with Crippen molar-refractivity contribution >= 4 is 5.84 Å². The van der Waals surface area contributed by atoms with E-state index in [0.717, 1.165) is 24.7 Å². The first-order valence-corrected chi connectivity index (χ1v) is 5.62. The van der Waals surface area contributed by atoms with Crippen LogP contribution in [0.4, 0.5) is 0 Å². The van der Waals surface area contributed by atoms with Crippen molar-refractivity contribution in [1.29, 1.82) is 0 Å². The molecule has 0 bridgehead atoms. The Labute approximate surface area is 96.7 Å². The van der Waals surface area contributed by atoms with Gasteiger partial charge in [-0.1, -0.05) is 12.1 Å². The second-order valence-corrected chi connectivity index (χ2v) is 4.21. The van der Waals surface area contributed by atoms with E-state index in [1.807, 2.05) is 12.1 Å². The van der Waals surface area contributed by atoms with Crippen molar-refractivity contribution in [2.45, 2.75) is 13.8 Å². The first-order valence-electron chi connectivity index (χ1n) is 5.62. The maximum atomic E-state index is 5.80. The van der Waals surface area contributed by atoms with Crippen LogP contribution in [0.15, 0.2) is 23.2 Å². The number of ether oxygens (including phenoxy) is 1. The van der Waals surface area contributed by atoms with Gasteiger partial charge in [0.1, 0.15) is 18.2 Å². The van der Waals surface area contributed by atoms with Crippen molar-refractivity contribution in [2.75, 3.05) is 26.7 Å². The Hall–Kier alpha value is -1.51. The number of aryl methyl sites for hydroxylation is 1. The van der Waals surface area contributed by atoms with Gasteiger partial charge in [0.2, 0.25) is 0 Å². The predicted octanol–water partition coefficient (Wildman–Crippen LogP) is 2.03. The van der Waals surface area contributed by atoms with Crippen LogP contribution in [-0.4, -0.2) is 37.5 Å². The molecule has 0 saturated carbocycles. The van der Waals surface area contributed by atoms with E-state index < -0.39 is 0 Å². The molecule has 0 amide bonds. The maximum Gasteiger partial charge on any atom is 0.145 e. The van der Waals surface area contributed by atoms with E-state index in [1.165, 1.54) is 11.1 Å². The van der Waals surface area contributed by atoms with Crippen molar-refractivity contribution in [3.05, 3.63) is 29.3 Å². The molecule has 1 aliphatic heterocycles. The van der Waals surface area contributed by atoms with E-state index in [2.05, 4.69) is 36.9 Å². The molecule has 3 nitrogen and oxygen atoms in total. The summed E-state index contributed by atoms with van der Waals surface area (Å²) >= 11 is 0. The Morgan fingerprint density at radius 1 is 1.38 bits per heavy atom. The molecule has 0 spiro atoms. The SMILES string of the molecule is Cc1cccc(OCC2=NCCN2C)c1C. The molecule has 3 heteroatoms. The van der Waals surface area contributed by atoms with Crippen molar-refractivity contribution in [3.8, 4) is 5.75 Å². The van der Waals surface area contributed by atoms with Crippen molar-refractivity contribution in [2.24, 2.45) is 4.99 Å². The minimum atomic E-state index is 0.570. The molecule has 2 rings (SSSR count). The number of benzene rings is 1. The highest BCUT2D eigenvalue weighted by Gasteiger charge is 2.13. The predicted molar refractivity (Wildman–Crippen MR) is 66.3 cm³/mol. The van der Waals surface area contributed by atoms with Crippen molar-refractivity contribution in [1.82, 2.24) is 4.90 Å². The maximum absolute atomic E-state index is 5.80. The Kier molecular flexibility index (Phi) is 3.13. The smallest absolute Gasteiger partial charge is 0.145 e. The lowest BCUT2D eigenvalue weighted by atomic mass is 10.1. The average molecular weight is 218 g/mol. The lowest BCUT2D eigenvalue weighted by molar-refractivity contribution is 0.356. The van der Waals surface area contributed by atoms with E-state index in [-0.39, 0.29) is 0 Å². The molecular weight excluding hydrogens is 200 g/mol. The fourth-order valence-electron chi connectivity index (χ4n) is 1.76. The first kappa shape index (κ1) is 11.0.